The van der Waals surface area contributed by atoms with Gasteiger partial charge in [0.2, 0.25) is 5.91 Å². The molecule has 1 saturated heterocycles. The summed E-state index contributed by atoms with van der Waals surface area (Å²) in [5.41, 5.74) is 0.274. The SMILES string of the molecule is CCCCN1CC(C(C)(C)C)CC1=O. The predicted molar refractivity (Wildman–Crippen MR) is 59.1 cm³/mol. The zero-order chi connectivity index (χ0) is 10.8. The molecule has 1 atom stereocenters. The molecule has 1 rings (SSSR count). The second kappa shape index (κ2) is 4.33. The Morgan fingerprint density at radius 3 is 2.50 bits per heavy atom. The summed E-state index contributed by atoms with van der Waals surface area (Å²) in [6.07, 6.45) is 3.07. The minimum absolute atomic E-state index is 0.274. The second-order valence-electron chi connectivity index (χ2n) is 5.46. The number of unbranched alkanes of at least 4 members (excludes halogenated alkanes) is 1. The van der Waals surface area contributed by atoms with Crippen LogP contribution in [0.3, 0.4) is 0 Å². The molecule has 0 aromatic heterocycles. The predicted octanol–water partition coefficient (Wildman–Crippen LogP) is 2.68. The number of carbonyl (C=O) groups excluding carboxylic acids is 1. The summed E-state index contributed by atoms with van der Waals surface area (Å²) in [7, 11) is 0. The summed E-state index contributed by atoms with van der Waals surface area (Å²) in [6.45, 7) is 10.8. The Hall–Kier alpha value is -0.530. The van der Waals surface area contributed by atoms with Gasteiger partial charge in [0.25, 0.3) is 0 Å². The summed E-state index contributed by atoms with van der Waals surface area (Å²) >= 11 is 0. The van der Waals surface area contributed by atoms with Gasteiger partial charge in [-0.3, -0.25) is 4.79 Å². The van der Waals surface area contributed by atoms with Gasteiger partial charge >= 0.3 is 0 Å². The summed E-state index contributed by atoms with van der Waals surface area (Å²) in [4.78, 5) is 13.7. The molecule has 82 valence electrons. The van der Waals surface area contributed by atoms with Gasteiger partial charge in [-0.25, -0.2) is 0 Å². The maximum atomic E-state index is 11.7. The lowest BCUT2D eigenvalue weighted by Crippen LogP contribution is -2.28. The van der Waals surface area contributed by atoms with E-state index in [2.05, 4.69) is 27.7 Å². The number of hydrogen-bond donors (Lipinski definition) is 0. The van der Waals surface area contributed by atoms with Crippen LogP contribution in [-0.4, -0.2) is 23.9 Å². The third-order valence-corrected chi connectivity index (χ3v) is 3.22. The fourth-order valence-electron chi connectivity index (χ4n) is 1.92. The molecule has 0 saturated carbocycles. The van der Waals surface area contributed by atoms with Crippen molar-refractivity contribution in [1.82, 2.24) is 4.90 Å². The van der Waals surface area contributed by atoms with E-state index in [9.17, 15) is 4.79 Å². The van der Waals surface area contributed by atoms with Crippen LogP contribution < -0.4 is 0 Å². The molecule has 0 N–H and O–H groups in total. The van der Waals surface area contributed by atoms with Crippen molar-refractivity contribution in [2.24, 2.45) is 11.3 Å². The first-order chi connectivity index (χ1) is 6.45. The van der Waals surface area contributed by atoms with E-state index in [1.165, 1.54) is 6.42 Å². The van der Waals surface area contributed by atoms with Gasteiger partial charge in [-0.2, -0.15) is 0 Å². The lowest BCUT2D eigenvalue weighted by Gasteiger charge is -2.26. The highest BCUT2D eigenvalue weighted by molar-refractivity contribution is 5.78. The number of carbonyl (C=O) groups is 1. The Labute approximate surface area is 87.7 Å². The van der Waals surface area contributed by atoms with Crippen molar-refractivity contribution in [3.05, 3.63) is 0 Å². The number of likely N-dealkylation sites (tertiary alicyclic amines) is 1. The van der Waals surface area contributed by atoms with Gasteiger partial charge in [0, 0.05) is 19.5 Å². The molecule has 1 fully saturated rings. The van der Waals surface area contributed by atoms with Crippen LogP contribution in [0.25, 0.3) is 0 Å². The Balaban J connectivity index is 2.47. The molecule has 0 radical (unpaired) electrons. The molecule has 14 heavy (non-hydrogen) atoms. The minimum Gasteiger partial charge on any atom is -0.342 e. The maximum Gasteiger partial charge on any atom is 0.222 e. The van der Waals surface area contributed by atoms with E-state index >= 15 is 0 Å². The number of rotatable bonds is 3. The zero-order valence-corrected chi connectivity index (χ0v) is 9.97. The maximum absolute atomic E-state index is 11.7. The Kier molecular flexibility index (Phi) is 3.57. The van der Waals surface area contributed by atoms with E-state index in [1.807, 2.05) is 4.90 Å². The van der Waals surface area contributed by atoms with Gasteiger partial charge in [0.15, 0.2) is 0 Å². The molecule has 0 aromatic rings. The largest absolute Gasteiger partial charge is 0.342 e. The van der Waals surface area contributed by atoms with Crippen LogP contribution >= 0.6 is 0 Å². The fourth-order valence-corrected chi connectivity index (χ4v) is 1.92. The average Bonchev–Trinajstić information content (AvgIpc) is 2.43. The van der Waals surface area contributed by atoms with Crippen LogP contribution in [0.5, 0.6) is 0 Å². The van der Waals surface area contributed by atoms with Crippen molar-refractivity contribution in [3.8, 4) is 0 Å². The summed E-state index contributed by atoms with van der Waals surface area (Å²) in [5, 5.41) is 0. The first kappa shape index (κ1) is 11.5. The van der Waals surface area contributed by atoms with Gasteiger partial charge in [0.1, 0.15) is 0 Å². The molecule has 1 amide bonds. The summed E-state index contributed by atoms with van der Waals surface area (Å²) in [6, 6.07) is 0. The van der Waals surface area contributed by atoms with Crippen LogP contribution in [-0.2, 0) is 4.79 Å². The van der Waals surface area contributed by atoms with Gasteiger partial charge in [-0.15, -0.1) is 0 Å². The van der Waals surface area contributed by atoms with E-state index in [4.69, 9.17) is 0 Å². The Morgan fingerprint density at radius 2 is 2.07 bits per heavy atom. The fraction of sp³-hybridized carbons (Fsp3) is 0.917. The second-order valence-corrected chi connectivity index (χ2v) is 5.46. The first-order valence-electron chi connectivity index (χ1n) is 5.73. The lowest BCUT2D eigenvalue weighted by atomic mass is 9.80. The summed E-state index contributed by atoms with van der Waals surface area (Å²) < 4.78 is 0. The van der Waals surface area contributed by atoms with Crippen LogP contribution in [0.1, 0.15) is 47.0 Å². The van der Waals surface area contributed by atoms with E-state index in [-0.39, 0.29) is 5.41 Å². The van der Waals surface area contributed by atoms with Crippen molar-refractivity contribution in [2.45, 2.75) is 47.0 Å². The van der Waals surface area contributed by atoms with E-state index in [0.29, 0.717) is 11.8 Å². The number of hydrogen-bond acceptors (Lipinski definition) is 1. The van der Waals surface area contributed by atoms with E-state index in [0.717, 1.165) is 25.9 Å². The van der Waals surface area contributed by atoms with E-state index in [1.54, 1.807) is 0 Å². The summed E-state index contributed by atoms with van der Waals surface area (Å²) in [5.74, 6) is 0.908. The molecular formula is C12H23NO. The molecule has 1 aliphatic rings. The molecule has 1 aliphatic heterocycles. The third kappa shape index (κ3) is 2.73. The quantitative estimate of drug-likeness (QED) is 0.681. The van der Waals surface area contributed by atoms with Crippen molar-refractivity contribution in [2.75, 3.05) is 13.1 Å². The van der Waals surface area contributed by atoms with Crippen LogP contribution in [0, 0.1) is 11.3 Å². The number of amides is 1. The molecule has 0 aromatic carbocycles. The molecular weight excluding hydrogens is 174 g/mol. The van der Waals surface area contributed by atoms with Gasteiger partial charge in [-0.1, -0.05) is 34.1 Å². The first-order valence-corrected chi connectivity index (χ1v) is 5.73. The van der Waals surface area contributed by atoms with Crippen LogP contribution in [0.2, 0.25) is 0 Å². The normalized spacial score (nSPS) is 23.3. The van der Waals surface area contributed by atoms with E-state index < -0.39 is 0 Å². The van der Waals surface area contributed by atoms with Crippen LogP contribution in [0.4, 0.5) is 0 Å². The topological polar surface area (TPSA) is 20.3 Å². The molecule has 1 heterocycles. The van der Waals surface area contributed by atoms with Crippen molar-refractivity contribution in [3.63, 3.8) is 0 Å². The Morgan fingerprint density at radius 1 is 1.43 bits per heavy atom. The molecule has 1 unspecified atom stereocenters. The highest BCUT2D eigenvalue weighted by Crippen LogP contribution is 2.34. The highest BCUT2D eigenvalue weighted by atomic mass is 16.2. The monoisotopic (exact) mass is 197 g/mol. The standard InChI is InChI=1S/C12H23NO/c1-5-6-7-13-9-10(8-11(13)14)12(2,3)4/h10H,5-9H2,1-4H3. The smallest absolute Gasteiger partial charge is 0.222 e. The lowest BCUT2D eigenvalue weighted by molar-refractivity contribution is -0.127. The highest BCUT2D eigenvalue weighted by Gasteiger charge is 2.36. The number of nitrogens with zero attached hydrogens (tertiary/aromatic N) is 1. The molecule has 0 bridgehead atoms. The van der Waals surface area contributed by atoms with Crippen LogP contribution in [0.15, 0.2) is 0 Å². The van der Waals surface area contributed by atoms with Gasteiger partial charge in [0.05, 0.1) is 0 Å². The minimum atomic E-state index is 0.274. The molecule has 2 heteroatoms. The van der Waals surface area contributed by atoms with Crippen molar-refractivity contribution >= 4 is 5.91 Å². The third-order valence-electron chi connectivity index (χ3n) is 3.22. The van der Waals surface area contributed by atoms with Crippen molar-refractivity contribution in [1.29, 1.82) is 0 Å². The zero-order valence-electron chi connectivity index (χ0n) is 9.97. The molecule has 2 nitrogen and oxygen atoms in total. The Bertz CT molecular complexity index is 205. The molecule has 0 spiro atoms. The van der Waals surface area contributed by atoms with Gasteiger partial charge < -0.3 is 4.90 Å². The van der Waals surface area contributed by atoms with Crippen molar-refractivity contribution < 1.29 is 4.79 Å². The average molecular weight is 197 g/mol. The van der Waals surface area contributed by atoms with Gasteiger partial charge in [-0.05, 0) is 17.8 Å². The molecule has 0 aliphatic carbocycles.